The van der Waals surface area contributed by atoms with Gasteiger partial charge in [-0.05, 0) is 124 Å². The molecule has 5 N–H and O–H groups in total. The molecule has 2 aromatic rings. The van der Waals surface area contributed by atoms with Crippen molar-refractivity contribution in [2.75, 3.05) is 56.3 Å². The van der Waals surface area contributed by atoms with Crippen LogP contribution in [0.25, 0.3) is 0 Å². The van der Waals surface area contributed by atoms with Crippen LogP contribution in [0.2, 0.25) is 5.02 Å². The molecule has 304 valence electrons. The fraction of sp³-hybridized carbons (Fsp3) is 0.610. The number of allylic oxidation sites excluding steroid dienone is 1. The van der Waals surface area contributed by atoms with Crippen LogP contribution in [0.5, 0.6) is 5.75 Å². The van der Waals surface area contributed by atoms with E-state index in [4.69, 9.17) is 31.9 Å². The zero-order valence-corrected chi connectivity index (χ0v) is 35.1. The van der Waals surface area contributed by atoms with E-state index in [2.05, 4.69) is 31.6 Å². The van der Waals surface area contributed by atoms with Gasteiger partial charge in [0.15, 0.2) is 6.29 Å². The lowest BCUT2D eigenvalue weighted by Gasteiger charge is -2.47. The van der Waals surface area contributed by atoms with E-state index >= 15 is 0 Å². The molecule has 0 unspecified atom stereocenters. The molecule has 14 heteroatoms. The summed E-state index contributed by atoms with van der Waals surface area (Å²) in [6.07, 6.45) is 11.1. The number of aliphatic hydroxyl groups is 2. The number of alkyl halides is 1. The van der Waals surface area contributed by atoms with Gasteiger partial charge in [-0.15, -0.1) is 0 Å². The molecule has 0 aromatic heterocycles. The second-order valence-electron chi connectivity index (χ2n) is 15.8. The molecule has 3 aliphatic heterocycles. The predicted molar refractivity (Wildman–Crippen MR) is 220 cm³/mol. The van der Waals surface area contributed by atoms with Crippen molar-refractivity contribution in [1.82, 2.24) is 4.72 Å². The maximum Gasteiger partial charge on any atom is 0.264 e. The standard InChI is InChI=1S/C33H39ClN2O6S.C6H11BrO.C2H7NO/c1-21-5-3-14-33(39,19-37)28-10-7-25(28)17-36-18-32(13-4-6-23-15-26(34)9-11-27(23)32)20-42-30-12-8-24(16-29(30)36)31(38)35-43(40,41)22(21)2;7-5-6-1-3-8-4-2-6;3-1-2-4/h3,8-9,11-12,14-16,19,21-22,25,28,39H,4-7,10,13,17-18,20H2,1-2H3,(H,35,38);6H,1-5H2;4H,1-3H2/b14-3+;;/t21-,22+,25-,28+,32-,33-;;/m0../s1. The zero-order chi connectivity index (χ0) is 39.8. The Bertz CT molecular complexity index is 1770. The maximum absolute atomic E-state index is 13.3. The minimum atomic E-state index is -4.00. The summed E-state index contributed by atoms with van der Waals surface area (Å²) < 4.78 is 40.3. The predicted octanol–water partition coefficient (Wildman–Crippen LogP) is 5.56. The molecular weight excluding hydrogens is 810 g/mol. The highest BCUT2D eigenvalue weighted by molar-refractivity contribution is 9.09. The third-order valence-corrected chi connectivity index (χ3v) is 15.1. The molecule has 3 heterocycles. The van der Waals surface area contributed by atoms with E-state index in [-0.39, 0.29) is 35.3 Å². The first-order chi connectivity index (χ1) is 26.3. The number of aryl methyl sites for hydroxylation is 1. The lowest BCUT2D eigenvalue weighted by molar-refractivity contribution is -0.130. The van der Waals surface area contributed by atoms with Crippen LogP contribution in [0.15, 0.2) is 48.6 Å². The molecule has 2 aliphatic carbocycles. The van der Waals surface area contributed by atoms with Crippen molar-refractivity contribution in [3.63, 3.8) is 0 Å². The summed E-state index contributed by atoms with van der Waals surface area (Å²) in [5.74, 6) is 0.197. The van der Waals surface area contributed by atoms with Crippen LogP contribution in [0.3, 0.4) is 0 Å². The number of rotatable bonds is 3. The summed E-state index contributed by atoms with van der Waals surface area (Å²) in [6.45, 7) is 7.34. The number of nitrogens with two attached hydrogens (primary N) is 1. The van der Waals surface area contributed by atoms with Crippen LogP contribution in [-0.4, -0.2) is 93.1 Å². The van der Waals surface area contributed by atoms with Gasteiger partial charge in [-0.3, -0.25) is 9.59 Å². The highest BCUT2D eigenvalue weighted by atomic mass is 79.9. The van der Waals surface area contributed by atoms with E-state index < -0.39 is 26.8 Å². The monoisotopic (exact) mass is 865 g/mol. The summed E-state index contributed by atoms with van der Waals surface area (Å²) in [5.41, 5.74) is 6.13. The van der Waals surface area contributed by atoms with Crippen molar-refractivity contribution in [1.29, 1.82) is 0 Å². The van der Waals surface area contributed by atoms with Gasteiger partial charge < -0.3 is 30.3 Å². The first-order valence-electron chi connectivity index (χ1n) is 19.5. The van der Waals surface area contributed by atoms with Gasteiger partial charge in [0.05, 0.1) is 24.2 Å². The number of fused-ring (bicyclic) bond motifs is 4. The molecule has 2 fully saturated rings. The Balaban J connectivity index is 0.000000416. The number of aliphatic hydroxyl groups excluding tert-OH is 1. The number of amides is 1. The largest absolute Gasteiger partial charge is 0.490 e. The van der Waals surface area contributed by atoms with Crippen molar-refractivity contribution >= 4 is 55.4 Å². The first kappa shape index (κ1) is 43.6. The molecule has 0 radical (unpaired) electrons. The molecule has 5 aliphatic rings. The summed E-state index contributed by atoms with van der Waals surface area (Å²) in [6, 6.07) is 11.1. The van der Waals surface area contributed by atoms with E-state index in [9.17, 15) is 23.1 Å². The van der Waals surface area contributed by atoms with Crippen molar-refractivity contribution < 1.29 is 37.7 Å². The first-order valence-corrected chi connectivity index (χ1v) is 22.5. The summed E-state index contributed by atoms with van der Waals surface area (Å²) in [4.78, 5) is 27.9. The van der Waals surface area contributed by atoms with Crippen LogP contribution in [0.1, 0.15) is 80.3 Å². The Labute approximate surface area is 339 Å². The third-order valence-electron chi connectivity index (χ3n) is 12.1. The van der Waals surface area contributed by atoms with Crippen LogP contribution >= 0.6 is 27.5 Å². The molecule has 1 spiro atoms. The fourth-order valence-electron chi connectivity index (χ4n) is 8.34. The molecule has 11 nitrogen and oxygen atoms in total. The van der Waals surface area contributed by atoms with Gasteiger partial charge in [0, 0.05) is 60.1 Å². The smallest absolute Gasteiger partial charge is 0.264 e. The van der Waals surface area contributed by atoms with E-state index in [0.717, 1.165) is 50.1 Å². The van der Waals surface area contributed by atoms with Crippen molar-refractivity contribution in [2.45, 2.75) is 81.5 Å². The average molecular weight is 867 g/mol. The van der Waals surface area contributed by atoms with Crippen molar-refractivity contribution in [3.05, 3.63) is 70.3 Å². The van der Waals surface area contributed by atoms with Crippen LogP contribution in [0, 0.1) is 23.7 Å². The Kier molecular flexibility index (Phi) is 15.3. The minimum absolute atomic E-state index is 0.0262. The van der Waals surface area contributed by atoms with E-state index in [0.29, 0.717) is 61.8 Å². The van der Waals surface area contributed by atoms with Gasteiger partial charge in [-0.2, -0.15) is 0 Å². The van der Waals surface area contributed by atoms with Crippen molar-refractivity contribution in [2.24, 2.45) is 29.4 Å². The maximum atomic E-state index is 13.3. The Morgan fingerprint density at radius 3 is 2.51 bits per heavy atom. The number of hydrogen-bond acceptors (Lipinski definition) is 10. The Morgan fingerprint density at radius 1 is 1.13 bits per heavy atom. The number of aldehydes is 1. The molecule has 1 amide bonds. The number of nitrogens with zero attached hydrogens (tertiary/aromatic N) is 1. The number of hydrogen-bond donors (Lipinski definition) is 4. The third kappa shape index (κ3) is 10.3. The van der Waals surface area contributed by atoms with Crippen LogP contribution in [0.4, 0.5) is 5.69 Å². The molecule has 6 atom stereocenters. The number of ether oxygens (including phenoxy) is 2. The highest BCUT2D eigenvalue weighted by Gasteiger charge is 2.48. The SMILES string of the molecule is BrCC1CCOCC1.C[C@@H]1[C@@H](C)C/C=C/[C@](O)(C=O)[C@@H]2CC[C@H]2CN2C[C@@]3(CCCc4cc(Cl)ccc43)COc3ccc(cc32)C(=O)NS1(=O)=O.NCCO. The molecule has 1 saturated carbocycles. The second kappa shape index (κ2) is 19.3. The average Bonchev–Trinajstić information content (AvgIpc) is 3.32. The van der Waals surface area contributed by atoms with Gasteiger partial charge in [0.25, 0.3) is 5.91 Å². The van der Waals surface area contributed by atoms with Gasteiger partial charge in [-0.1, -0.05) is 46.6 Å². The molecule has 55 heavy (non-hydrogen) atoms. The lowest BCUT2D eigenvalue weighted by Crippen LogP contribution is -2.53. The van der Waals surface area contributed by atoms with E-state index in [1.54, 1.807) is 38.1 Å². The van der Waals surface area contributed by atoms with Crippen molar-refractivity contribution in [3.8, 4) is 5.75 Å². The summed E-state index contributed by atoms with van der Waals surface area (Å²) >= 11 is 9.83. The number of halogens is 2. The molecule has 1 saturated heterocycles. The van der Waals surface area contributed by atoms with Gasteiger partial charge in [0.2, 0.25) is 10.0 Å². The fourth-order valence-corrected chi connectivity index (χ4v) is 10.5. The van der Waals surface area contributed by atoms with Crippen LogP contribution < -0.4 is 20.1 Å². The quantitative estimate of drug-likeness (QED) is 0.174. The zero-order valence-electron chi connectivity index (χ0n) is 31.9. The van der Waals surface area contributed by atoms with E-state index in [1.807, 2.05) is 12.1 Å². The topological polar surface area (TPSA) is 168 Å². The van der Waals surface area contributed by atoms with Gasteiger partial charge >= 0.3 is 0 Å². The number of benzene rings is 2. The van der Waals surface area contributed by atoms with Crippen LogP contribution in [-0.2, 0) is 31.4 Å². The Morgan fingerprint density at radius 2 is 1.87 bits per heavy atom. The summed E-state index contributed by atoms with van der Waals surface area (Å²) in [7, 11) is -4.00. The highest BCUT2D eigenvalue weighted by Crippen LogP contribution is 2.48. The number of carbonyl (C=O) groups is 2. The molecule has 7 rings (SSSR count). The minimum Gasteiger partial charge on any atom is -0.490 e. The normalized spacial score (nSPS) is 30.9. The summed E-state index contributed by atoms with van der Waals surface area (Å²) in [5, 5.41) is 20.2. The Hall–Kier alpha value is -2.52. The number of anilines is 1. The number of nitrogens with one attached hydrogen (secondary N) is 1. The lowest BCUT2D eigenvalue weighted by atomic mass is 9.64. The number of carbonyl (C=O) groups excluding carboxylic acids is 2. The molecular formula is C41H57BrClN3O8S. The van der Waals surface area contributed by atoms with E-state index in [1.165, 1.54) is 30.0 Å². The number of sulfonamides is 1. The van der Waals surface area contributed by atoms with Gasteiger partial charge in [-0.25, -0.2) is 13.1 Å². The van der Waals surface area contributed by atoms with Gasteiger partial charge in [0.1, 0.15) is 11.4 Å². The molecule has 2 aromatic carbocycles. The second-order valence-corrected chi connectivity index (χ2v) is 18.9. The molecule has 2 bridgehead atoms.